The number of aryl methyl sites for hydroxylation is 1. The lowest BCUT2D eigenvalue weighted by Crippen LogP contribution is -2.64. The first kappa shape index (κ1) is 83.7. The van der Waals surface area contributed by atoms with Crippen LogP contribution in [0.25, 0.3) is 0 Å². The van der Waals surface area contributed by atoms with Gasteiger partial charge in [-0.3, -0.25) is 57.5 Å². The number of fused-ring (bicyclic) bond motifs is 1. The molecular weight excluding hydrogens is 1360 g/mol. The van der Waals surface area contributed by atoms with Crippen LogP contribution in [-0.2, 0) is 70.1 Å². The Labute approximate surface area is 602 Å². The predicted octanol–water partition coefficient (Wildman–Crippen LogP) is 6.67. The normalized spacial score (nSPS) is 25.6. The maximum absolute atomic E-state index is 15.5. The number of benzene rings is 1. The van der Waals surface area contributed by atoms with Gasteiger partial charge in [0.05, 0.1) is 36.6 Å². The molecule has 5 aliphatic rings. The van der Waals surface area contributed by atoms with E-state index in [1.807, 2.05) is 13.8 Å². The van der Waals surface area contributed by atoms with E-state index in [4.69, 9.17) is 11.6 Å². The molecule has 0 bridgehead atoms. The van der Waals surface area contributed by atoms with Gasteiger partial charge in [-0.05, 0) is 119 Å². The second kappa shape index (κ2) is 38.0. The van der Waals surface area contributed by atoms with E-state index in [-0.39, 0.29) is 94.6 Å². The Morgan fingerprint density at radius 3 is 1.85 bits per heavy atom. The summed E-state index contributed by atoms with van der Waals surface area (Å²) in [6, 6.07) is -6.29. The van der Waals surface area contributed by atoms with Gasteiger partial charge in [0, 0.05) is 75.4 Å². The van der Waals surface area contributed by atoms with Crippen LogP contribution in [0.1, 0.15) is 187 Å². The fourth-order valence-electron chi connectivity index (χ4n) is 14.9. The van der Waals surface area contributed by atoms with Crippen LogP contribution in [0.5, 0.6) is 0 Å². The first-order valence-electron chi connectivity index (χ1n) is 36.5. The van der Waals surface area contributed by atoms with Crippen LogP contribution in [0.4, 0.5) is 22.0 Å². The van der Waals surface area contributed by atoms with Gasteiger partial charge in [-0.1, -0.05) is 103 Å². The van der Waals surface area contributed by atoms with E-state index < -0.39 is 180 Å². The summed E-state index contributed by atoms with van der Waals surface area (Å²) in [7, 11) is 9.53. The SMILES string of the molecule is CC[C@H](C)[C@@H]1NC(=O)[C@H](CC(C)C)N(C)C(=O)C[C@@H](C(=O)N2CCCCC2)N(C)C(=O)[C@H](CCCCC(F)F)N(C)C(=O)C2(CCCC2)NC(=O)C2CCCN2C(=O)[C@H](CCc2ccc(C(F)(F)F)c(Cl)c2)NC(=O)CN(C)C(=O)[C@H](CC2CCCCC2)N(C)C(=O)CN(C)C(=O)CN(C)C1=O. The molecule has 3 aliphatic heterocycles. The van der Waals surface area contributed by atoms with Crippen LogP contribution in [0, 0.1) is 17.8 Å². The highest BCUT2D eigenvalue weighted by Gasteiger charge is 2.50. The molecule has 8 atom stereocenters. The summed E-state index contributed by atoms with van der Waals surface area (Å²) >= 11 is 6.14. The fourth-order valence-corrected chi connectivity index (χ4v) is 15.2. The smallest absolute Gasteiger partial charge is 0.343 e. The van der Waals surface area contributed by atoms with Crippen molar-refractivity contribution in [3.8, 4) is 0 Å². The zero-order valence-corrected chi connectivity index (χ0v) is 62.2. The molecule has 3 N–H and O–H groups in total. The molecular formula is C72H110ClF5N12O12. The van der Waals surface area contributed by atoms with Gasteiger partial charge in [0.25, 0.3) is 0 Å². The number of carbonyl (C=O) groups excluding carboxylic acids is 12. The zero-order chi connectivity index (χ0) is 75.7. The van der Waals surface area contributed by atoms with Crippen molar-refractivity contribution < 1.29 is 79.5 Å². The van der Waals surface area contributed by atoms with Crippen LogP contribution >= 0.6 is 11.6 Å². The molecule has 3 saturated heterocycles. The molecule has 2 saturated carbocycles. The average molecular weight is 1470 g/mol. The number of nitrogens with one attached hydrogen (secondary N) is 3. The average Bonchev–Trinajstić information content (AvgIpc) is 1.44. The zero-order valence-electron chi connectivity index (χ0n) is 61.5. The summed E-state index contributed by atoms with van der Waals surface area (Å²) < 4.78 is 69.1. The fraction of sp³-hybridized carbons (Fsp3) is 0.750. The number of piperidine rings is 1. The molecule has 12 amide bonds. The monoisotopic (exact) mass is 1460 g/mol. The molecule has 3 heterocycles. The standard InChI is InChI=1S/C72H110ClF5N12O12/c1-12-46(4)62-69(101)84(7)43-60(93)82(5)44-61(94)86(9)55(40-47-24-15-13-16-25-47)66(98)83(6)42-58(91)79-51(32-30-48-29-31-49(50(73)39-48)72(76,77)78)65(97)90-37-23-27-52(90)64(96)81-71(33-19-20-34-71)70(102)88(11)53(26-17-18-28-57(74)75)67(99)87(10)56(68(100)89-35-21-14-22-36-89)41-59(92)85(8)54(38-45(2)3)63(95)80-62/h29,31,39,45-47,51-57,62H,12-28,30,32-38,40-44H2,1-11H3,(H,79,91)(H,80,95)(H,81,96)/t46-,51-,52?,53-,54-,55-,56-,62-/m0/s1. The molecule has 5 fully saturated rings. The number of likely N-dealkylation sites (N-methyl/N-ethyl adjacent to an activating group) is 7. The molecule has 24 nitrogen and oxygen atoms in total. The number of halogens is 6. The van der Waals surface area contributed by atoms with Gasteiger partial charge in [0.1, 0.15) is 47.8 Å². The number of hydrogen-bond donors (Lipinski definition) is 3. The number of nitrogens with zero attached hydrogens (tertiary/aromatic N) is 9. The quantitative estimate of drug-likeness (QED) is 0.123. The van der Waals surface area contributed by atoms with Crippen molar-refractivity contribution in [1.29, 1.82) is 0 Å². The Hall–Kier alpha value is -7.20. The van der Waals surface area contributed by atoms with Crippen molar-refractivity contribution in [2.45, 2.75) is 242 Å². The van der Waals surface area contributed by atoms with Crippen LogP contribution in [0.3, 0.4) is 0 Å². The minimum atomic E-state index is -4.78. The predicted molar refractivity (Wildman–Crippen MR) is 371 cm³/mol. The molecule has 1 aromatic rings. The van der Waals surface area contributed by atoms with Crippen LogP contribution in [-0.4, -0.2) is 258 Å². The number of carbonyl (C=O) groups is 12. The van der Waals surface area contributed by atoms with Crippen molar-refractivity contribution in [3.63, 3.8) is 0 Å². The second-order valence-corrected chi connectivity index (χ2v) is 29.9. The molecule has 102 heavy (non-hydrogen) atoms. The summed E-state index contributed by atoms with van der Waals surface area (Å²) in [6.45, 7) is 6.00. The Morgan fingerprint density at radius 2 is 1.25 bits per heavy atom. The highest BCUT2D eigenvalue weighted by molar-refractivity contribution is 6.31. The third-order valence-electron chi connectivity index (χ3n) is 21.5. The number of unbranched alkanes of at least 4 members (excludes halogenated alkanes) is 1. The highest BCUT2D eigenvalue weighted by atomic mass is 35.5. The lowest BCUT2D eigenvalue weighted by atomic mass is 9.84. The molecule has 0 radical (unpaired) electrons. The molecule has 1 unspecified atom stereocenters. The molecule has 30 heteroatoms. The third kappa shape index (κ3) is 22.2. The van der Waals surface area contributed by atoms with Crippen molar-refractivity contribution in [1.82, 2.24) is 60.0 Å². The number of rotatable bonds is 15. The molecule has 6 rings (SSSR count). The van der Waals surface area contributed by atoms with Gasteiger partial charge in [0.2, 0.25) is 77.3 Å². The van der Waals surface area contributed by atoms with E-state index in [9.17, 15) is 55.5 Å². The number of alkyl halides is 5. The topological polar surface area (TPSA) is 270 Å². The third-order valence-corrected chi connectivity index (χ3v) is 21.8. The molecule has 1 aromatic carbocycles. The maximum Gasteiger partial charge on any atom is 0.417 e. The largest absolute Gasteiger partial charge is 0.417 e. The van der Waals surface area contributed by atoms with Gasteiger partial charge < -0.3 is 60.0 Å². The van der Waals surface area contributed by atoms with Crippen LogP contribution < -0.4 is 16.0 Å². The van der Waals surface area contributed by atoms with Crippen molar-refractivity contribution in [2.24, 2.45) is 17.8 Å². The van der Waals surface area contributed by atoms with E-state index in [0.29, 0.717) is 45.2 Å². The minimum Gasteiger partial charge on any atom is -0.343 e. The van der Waals surface area contributed by atoms with E-state index in [0.717, 1.165) is 75.2 Å². The van der Waals surface area contributed by atoms with Gasteiger partial charge >= 0.3 is 6.18 Å². The van der Waals surface area contributed by atoms with Crippen LogP contribution in [0.2, 0.25) is 5.02 Å². The Kier molecular flexibility index (Phi) is 31.2. The van der Waals surface area contributed by atoms with Gasteiger partial charge in [0.15, 0.2) is 0 Å². The minimum absolute atomic E-state index is 0.00189. The first-order chi connectivity index (χ1) is 48.0. The van der Waals surface area contributed by atoms with Gasteiger partial charge in [-0.25, -0.2) is 8.78 Å². The summed E-state index contributed by atoms with van der Waals surface area (Å²) in [6.07, 6.45) is -0.989. The van der Waals surface area contributed by atoms with Gasteiger partial charge in [-0.2, -0.15) is 13.2 Å². The van der Waals surface area contributed by atoms with E-state index in [1.165, 1.54) is 70.1 Å². The van der Waals surface area contributed by atoms with Crippen molar-refractivity contribution in [3.05, 3.63) is 34.3 Å². The number of hydrogen-bond acceptors (Lipinski definition) is 12. The summed E-state index contributed by atoms with van der Waals surface area (Å²) in [5.74, 6) is -9.37. The molecule has 2 aliphatic carbocycles. The lowest BCUT2D eigenvalue weighted by Gasteiger charge is -2.41. The highest BCUT2D eigenvalue weighted by Crippen LogP contribution is 2.37. The molecule has 1 spiro atoms. The Morgan fingerprint density at radius 1 is 0.627 bits per heavy atom. The van der Waals surface area contributed by atoms with Crippen molar-refractivity contribution in [2.75, 3.05) is 88.6 Å². The van der Waals surface area contributed by atoms with Gasteiger partial charge in [-0.15, -0.1) is 0 Å². The van der Waals surface area contributed by atoms with E-state index >= 15 is 24.0 Å². The summed E-state index contributed by atoms with van der Waals surface area (Å²) in [4.78, 5) is 189. The molecule has 0 aromatic heterocycles. The summed E-state index contributed by atoms with van der Waals surface area (Å²) in [5, 5.41) is 7.95. The van der Waals surface area contributed by atoms with E-state index in [1.54, 1.807) is 18.7 Å². The second-order valence-electron chi connectivity index (χ2n) is 29.5. The first-order valence-corrected chi connectivity index (χ1v) is 36.8. The summed E-state index contributed by atoms with van der Waals surface area (Å²) in [5.41, 5.74) is -2.53. The maximum atomic E-state index is 15.5. The van der Waals surface area contributed by atoms with Crippen molar-refractivity contribution >= 4 is 82.5 Å². The Balaban J connectivity index is 1.44. The number of amides is 12. The lowest BCUT2D eigenvalue weighted by molar-refractivity contribution is -0.155. The van der Waals surface area contributed by atoms with Crippen LogP contribution in [0.15, 0.2) is 18.2 Å². The van der Waals surface area contributed by atoms with E-state index in [2.05, 4.69) is 16.0 Å². The Bertz CT molecular complexity index is 3130. The molecule has 572 valence electrons. The number of likely N-dealkylation sites (tertiary alicyclic amines) is 1.